The number of carbonyl (C=O) groups excluding carboxylic acids is 2. The molecule has 0 N–H and O–H groups in total. The first-order valence-electron chi connectivity index (χ1n) is 7.21. The molecule has 29 heavy (non-hydrogen) atoms. The van der Waals surface area contributed by atoms with Crippen LogP contribution in [0.2, 0.25) is 5.02 Å². The molecular formula is C16H6ClF6NO5. The average molecular weight is 442 g/mol. The normalized spacial score (nSPS) is 11.8. The zero-order valence-corrected chi connectivity index (χ0v) is 14.4. The van der Waals surface area contributed by atoms with Gasteiger partial charge in [-0.25, -0.2) is 9.59 Å². The highest BCUT2D eigenvalue weighted by Gasteiger charge is 2.37. The van der Waals surface area contributed by atoms with E-state index in [-0.39, 0.29) is 6.07 Å². The number of nitrogens with zero attached hydrogens (tertiary/aromatic N) is 1. The maximum absolute atomic E-state index is 12.8. The zero-order valence-electron chi connectivity index (χ0n) is 13.6. The molecule has 13 heteroatoms. The van der Waals surface area contributed by atoms with Crippen LogP contribution in [0.25, 0.3) is 0 Å². The van der Waals surface area contributed by atoms with Gasteiger partial charge in [0.2, 0.25) is 0 Å². The summed E-state index contributed by atoms with van der Waals surface area (Å²) < 4.78 is 80.8. The SMILES string of the molecule is O=C(OC(=O)c1cccc(C(F)(F)F)c1Cl)c1ccc(C(F)(F)F)cc1[N+](=O)[O-]. The lowest BCUT2D eigenvalue weighted by molar-refractivity contribution is -0.385. The van der Waals surface area contributed by atoms with Gasteiger partial charge in [0.25, 0.3) is 5.69 Å². The van der Waals surface area contributed by atoms with Gasteiger partial charge in [0.1, 0.15) is 5.56 Å². The molecule has 0 fully saturated rings. The Labute approximate surface area is 161 Å². The van der Waals surface area contributed by atoms with Gasteiger partial charge in [0.05, 0.1) is 26.6 Å². The first-order valence-corrected chi connectivity index (χ1v) is 7.59. The Morgan fingerprint density at radius 3 is 2.03 bits per heavy atom. The molecule has 0 saturated heterocycles. The molecule has 0 aliphatic rings. The number of nitro benzene ring substituents is 1. The van der Waals surface area contributed by atoms with Crippen molar-refractivity contribution < 1.29 is 45.6 Å². The van der Waals surface area contributed by atoms with Crippen molar-refractivity contribution in [2.75, 3.05) is 0 Å². The van der Waals surface area contributed by atoms with Gasteiger partial charge in [0, 0.05) is 6.07 Å². The summed E-state index contributed by atoms with van der Waals surface area (Å²) in [6, 6.07) is 2.96. The lowest BCUT2D eigenvalue weighted by Crippen LogP contribution is -2.17. The van der Waals surface area contributed by atoms with Crippen LogP contribution in [0.15, 0.2) is 36.4 Å². The second-order valence-corrected chi connectivity index (χ2v) is 5.71. The van der Waals surface area contributed by atoms with Crippen molar-refractivity contribution in [1.82, 2.24) is 0 Å². The summed E-state index contributed by atoms with van der Waals surface area (Å²) in [5.41, 5.74) is -6.04. The van der Waals surface area contributed by atoms with E-state index in [0.29, 0.717) is 18.2 Å². The van der Waals surface area contributed by atoms with E-state index in [0.717, 1.165) is 12.1 Å². The molecule has 2 aromatic rings. The van der Waals surface area contributed by atoms with Gasteiger partial charge in [-0.2, -0.15) is 26.3 Å². The van der Waals surface area contributed by atoms with Crippen LogP contribution in [0.5, 0.6) is 0 Å². The topological polar surface area (TPSA) is 86.5 Å². The predicted molar refractivity (Wildman–Crippen MR) is 84.3 cm³/mol. The van der Waals surface area contributed by atoms with E-state index in [4.69, 9.17) is 11.6 Å². The second-order valence-electron chi connectivity index (χ2n) is 5.33. The van der Waals surface area contributed by atoms with E-state index in [1.54, 1.807) is 0 Å². The summed E-state index contributed by atoms with van der Waals surface area (Å²) in [6.45, 7) is 0. The van der Waals surface area contributed by atoms with Gasteiger partial charge in [-0.05, 0) is 24.3 Å². The van der Waals surface area contributed by atoms with Crippen LogP contribution in [0.1, 0.15) is 31.8 Å². The third-order valence-corrected chi connectivity index (χ3v) is 3.86. The highest BCUT2D eigenvalue weighted by atomic mass is 35.5. The lowest BCUT2D eigenvalue weighted by Gasteiger charge is -2.12. The number of esters is 2. The van der Waals surface area contributed by atoms with Crippen LogP contribution < -0.4 is 0 Å². The molecule has 0 radical (unpaired) electrons. The van der Waals surface area contributed by atoms with Gasteiger partial charge in [0.15, 0.2) is 0 Å². The number of hydrogen-bond acceptors (Lipinski definition) is 5. The highest BCUT2D eigenvalue weighted by molar-refractivity contribution is 6.34. The molecule has 2 aromatic carbocycles. The third-order valence-electron chi connectivity index (χ3n) is 3.45. The minimum Gasteiger partial charge on any atom is -0.385 e. The lowest BCUT2D eigenvalue weighted by atomic mass is 10.1. The molecule has 0 bridgehead atoms. The van der Waals surface area contributed by atoms with Crippen molar-refractivity contribution in [3.63, 3.8) is 0 Å². The summed E-state index contributed by atoms with van der Waals surface area (Å²) in [5, 5.41) is 9.89. The molecule has 2 rings (SSSR count). The standard InChI is InChI=1S/C16H6ClF6NO5/c17-12-9(2-1-3-10(12)16(21,22)23)14(26)29-13(25)8-5-4-7(15(18,19)20)6-11(8)24(27)28/h1-6H. The molecule has 0 aliphatic carbocycles. The number of rotatable bonds is 3. The van der Waals surface area contributed by atoms with Gasteiger partial charge >= 0.3 is 24.3 Å². The molecule has 0 atom stereocenters. The summed E-state index contributed by atoms with van der Waals surface area (Å²) in [5.74, 6) is -3.43. The fourth-order valence-corrected chi connectivity index (χ4v) is 2.44. The molecule has 0 aromatic heterocycles. The number of carbonyl (C=O) groups is 2. The maximum Gasteiger partial charge on any atom is 0.417 e. The number of benzene rings is 2. The van der Waals surface area contributed by atoms with Crippen molar-refractivity contribution in [3.8, 4) is 0 Å². The Bertz CT molecular complexity index is 1000. The summed E-state index contributed by atoms with van der Waals surface area (Å²) in [7, 11) is 0. The summed E-state index contributed by atoms with van der Waals surface area (Å²) in [6.07, 6.45) is -9.88. The fraction of sp³-hybridized carbons (Fsp3) is 0.125. The molecule has 0 amide bonds. The maximum atomic E-state index is 12.8. The van der Waals surface area contributed by atoms with Crippen molar-refractivity contribution in [2.24, 2.45) is 0 Å². The Morgan fingerprint density at radius 2 is 1.52 bits per heavy atom. The van der Waals surface area contributed by atoms with E-state index in [9.17, 15) is 46.0 Å². The molecule has 0 aliphatic heterocycles. The van der Waals surface area contributed by atoms with Crippen molar-refractivity contribution >= 4 is 29.2 Å². The Morgan fingerprint density at radius 1 is 0.931 bits per heavy atom. The summed E-state index contributed by atoms with van der Waals surface area (Å²) >= 11 is 5.51. The van der Waals surface area contributed by atoms with Crippen LogP contribution in [0.3, 0.4) is 0 Å². The first kappa shape index (κ1) is 22.1. The molecule has 0 saturated carbocycles. The Hall–Kier alpha value is -3.15. The van der Waals surface area contributed by atoms with Gasteiger partial charge in [-0.15, -0.1) is 0 Å². The quantitative estimate of drug-likeness (QED) is 0.212. The minimum atomic E-state index is -4.95. The molecule has 6 nitrogen and oxygen atoms in total. The Kier molecular flexibility index (Phi) is 5.88. The monoisotopic (exact) mass is 441 g/mol. The fourth-order valence-electron chi connectivity index (χ4n) is 2.13. The first-order chi connectivity index (χ1) is 13.2. The molecule has 0 unspecified atom stereocenters. The van der Waals surface area contributed by atoms with Gasteiger partial charge < -0.3 is 4.74 Å². The predicted octanol–water partition coefficient (Wildman–Crippen LogP) is 5.28. The average Bonchev–Trinajstić information content (AvgIpc) is 2.59. The van der Waals surface area contributed by atoms with Crippen molar-refractivity contribution in [1.29, 1.82) is 0 Å². The van der Waals surface area contributed by atoms with Crippen LogP contribution in [-0.2, 0) is 17.1 Å². The summed E-state index contributed by atoms with van der Waals surface area (Å²) in [4.78, 5) is 33.7. The Balaban J connectivity index is 2.39. The van der Waals surface area contributed by atoms with Gasteiger partial charge in [-0.3, -0.25) is 10.1 Å². The number of alkyl halides is 6. The smallest absolute Gasteiger partial charge is 0.385 e. The van der Waals surface area contributed by atoms with E-state index < -0.39 is 62.2 Å². The molecule has 154 valence electrons. The molecule has 0 spiro atoms. The van der Waals surface area contributed by atoms with Crippen molar-refractivity contribution in [2.45, 2.75) is 12.4 Å². The molecular weight excluding hydrogens is 436 g/mol. The number of halogens is 7. The minimum absolute atomic E-state index is 0.0539. The van der Waals surface area contributed by atoms with Crippen molar-refractivity contribution in [3.05, 3.63) is 73.8 Å². The van der Waals surface area contributed by atoms with E-state index in [2.05, 4.69) is 4.74 Å². The van der Waals surface area contributed by atoms with Crippen LogP contribution >= 0.6 is 11.6 Å². The highest BCUT2D eigenvalue weighted by Crippen LogP contribution is 2.37. The molecule has 0 heterocycles. The van der Waals surface area contributed by atoms with Crippen LogP contribution in [0, 0.1) is 10.1 Å². The third kappa shape index (κ3) is 4.83. The van der Waals surface area contributed by atoms with Crippen LogP contribution in [-0.4, -0.2) is 16.9 Å². The van der Waals surface area contributed by atoms with E-state index in [1.807, 2.05) is 0 Å². The van der Waals surface area contributed by atoms with Crippen LogP contribution in [0.4, 0.5) is 32.0 Å². The number of nitro groups is 1. The zero-order chi connectivity index (χ0) is 22.1. The van der Waals surface area contributed by atoms with E-state index >= 15 is 0 Å². The second kappa shape index (κ2) is 7.70. The largest absolute Gasteiger partial charge is 0.417 e. The van der Waals surface area contributed by atoms with Gasteiger partial charge in [-0.1, -0.05) is 17.7 Å². The number of ether oxygens (including phenoxy) is 1. The van der Waals surface area contributed by atoms with E-state index in [1.165, 1.54) is 0 Å². The number of hydrogen-bond donors (Lipinski definition) is 0.